The Morgan fingerprint density at radius 2 is 2.20 bits per heavy atom. The summed E-state index contributed by atoms with van der Waals surface area (Å²) < 4.78 is 5.44. The molecule has 2 aliphatic rings. The van der Waals surface area contributed by atoms with Crippen LogP contribution in [0, 0.1) is 5.92 Å². The van der Waals surface area contributed by atoms with E-state index in [9.17, 15) is 4.79 Å². The van der Waals surface area contributed by atoms with Crippen molar-refractivity contribution in [2.45, 2.75) is 45.6 Å². The molecule has 1 fully saturated rings. The maximum atomic E-state index is 12.5. The van der Waals surface area contributed by atoms with Gasteiger partial charge in [-0.05, 0) is 25.3 Å². The molecular weight excluding hydrogens is 252 g/mol. The zero-order valence-corrected chi connectivity index (χ0v) is 12.1. The Kier molecular flexibility index (Phi) is 3.90. The highest BCUT2D eigenvalue weighted by molar-refractivity contribution is 5.79. The van der Waals surface area contributed by atoms with Gasteiger partial charge in [-0.3, -0.25) is 4.79 Å². The van der Waals surface area contributed by atoms with E-state index in [1.54, 1.807) is 0 Å². The van der Waals surface area contributed by atoms with E-state index < -0.39 is 0 Å². The summed E-state index contributed by atoms with van der Waals surface area (Å²) in [5.41, 5.74) is 2.26. The molecule has 1 aromatic rings. The van der Waals surface area contributed by atoms with Crippen LogP contribution in [0.15, 0.2) is 12.1 Å². The second-order valence-electron chi connectivity index (χ2n) is 5.68. The van der Waals surface area contributed by atoms with Crippen molar-refractivity contribution in [2.75, 3.05) is 13.2 Å². The van der Waals surface area contributed by atoms with Crippen LogP contribution < -0.4 is 4.74 Å². The zero-order chi connectivity index (χ0) is 13.9. The summed E-state index contributed by atoms with van der Waals surface area (Å²) in [6.45, 7) is 4.11. The van der Waals surface area contributed by atoms with Crippen molar-refractivity contribution in [1.29, 1.82) is 0 Å². The number of ether oxygens (including phenoxy) is 1. The third kappa shape index (κ3) is 2.65. The first-order valence-corrected chi connectivity index (χ1v) is 7.68. The third-order valence-corrected chi connectivity index (χ3v) is 4.33. The molecule has 1 aromatic heterocycles. The minimum atomic E-state index is 0.271. The highest BCUT2D eigenvalue weighted by atomic mass is 16.5. The van der Waals surface area contributed by atoms with E-state index >= 15 is 0 Å². The van der Waals surface area contributed by atoms with Gasteiger partial charge in [-0.25, -0.2) is 4.98 Å². The van der Waals surface area contributed by atoms with E-state index in [0.717, 1.165) is 31.5 Å². The number of fused-ring (bicyclic) bond motifs is 1. The van der Waals surface area contributed by atoms with E-state index in [4.69, 9.17) is 4.74 Å². The lowest BCUT2D eigenvalue weighted by Crippen LogP contribution is -2.39. The summed E-state index contributed by atoms with van der Waals surface area (Å²) >= 11 is 0. The highest BCUT2D eigenvalue weighted by Gasteiger charge is 2.29. The smallest absolute Gasteiger partial charge is 0.225 e. The number of hydrogen-bond acceptors (Lipinski definition) is 3. The van der Waals surface area contributed by atoms with Gasteiger partial charge in [0.1, 0.15) is 0 Å². The standard InChI is InChI=1S/C16H22N2O2/c1-2-20-15-8-7-13-11-18(10-9-14(13)17-15)16(19)12-5-3-4-6-12/h7-8,12H,2-6,9-11H2,1H3. The van der Waals surface area contributed by atoms with Gasteiger partial charge in [0.2, 0.25) is 11.8 Å². The van der Waals surface area contributed by atoms with Crippen molar-refractivity contribution in [1.82, 2.24) is 9.88 Å². The summed E-state index contributed by atoms with van der Waals surface area (Å²) in [5.74, 6) is 1.32. The summed E-state index contributed by atoms with van der Waals surface area (Å²) in [7, 11) is 0. The van der Waals surface area contributed by atoms with E-state index in [1.807, 2.05) is 17.9 Å². The monoisotopic (exact) mass is 274 g/mol. The van der Waals surface area contributed by atoms with Crippen LogP contribution in [0.3, 0.4) is 0 Å². The molecule has 1 amide bonds. The molecule has 1 aliphatic carbocycles. The normalized spacial score (nSPS) is 18.9. The van der Waals surface area contributed by atoms with E-state index in [0.29, 0.717) is 24.9 Å². The summed E-state index contributed by atoms with van der Waals surface area (Å²) in [5, 5.41) is 0. The minimum absolute atomic E-state index is 0.271. The Labute approximate surface area is 120 Å². The van der Waals surface area contributed by atoms with Crippen LogP contribution in [0.5, 0.6) is 5.88 Å². The van der Waals surface area contributed by atoms with Gasteiger partial charge >= 0.3 is 0 Å². The molecule has 0 saturated heterocycles. The highest BCUT2D eigenvalue weighted by Crippen LogP contribution is 2.29. The van der Waals surface area contributed by atoms with Gasteiger partial charge in [-0.1, -0.05) is 18.9 Å². The number of nitrogens with zero attached hydrogens (tertiary/aromatic N) is 2. The molecule has 2 heterocycles. The maximum absolute atomic E-state index is 12.5. The molecule has 1 saturated carbocycles. The molecule has 4 heteroatoms. The number of carbonyl (C=O) groups excluding carboxylic acids is 1. The lowest BCUT2D eigenvalue weighted by Gasteiger charge is -2.30. The molecule has 108 valence electrons. The molecule has 0 aromatic carbocycles. The molecule has 0 spiro atoms. The minimum Gasteiger partial charge on any atom is -0.478 e. The van der Waals surface area contributed by atoms with E-state index in [1.165, 1.54) is 18.4 Å². The number of hydrogen-bond donors (Lipinski definition) is 0. The number of pyridine rings is 1. The first-order valence-electron chi connectivity index (χ1n) is 7.68. The quantitative estimate of drug-likeness (QED) is 0.850. The Morgan fingerprint density at radius 1 is 1.40 bits per heavy atom. The average molecular weight is 274 g/mol. The van der Waals surface area contributed by atoms with Crippen LogP contribution in [0.2, 0.25) is 0 Å². The number of aromatic nitrogens is 1. The molecule has 0 bridgehead atoms. The first kappa shape index (κ1) is 13.4. The topological polar surface area (TPSA) is 42.4 Å². The Hall–Kier alpha value is -1.58. The fraction of sp³-hybridized carbons (Fsp3) is 0.625. The van der Waals surface area contributed by atoms with Crippen molar-refractivity contribution < 1.29 is 9.53 Å². The molecule has 0 unspecified atom stereocenters. The fourth-order valence-electron chi connectivity index (χ4n) is 3.24. The maximum Gasteiger partial charge on any atom is 0.225 e. The van der Waals surface area contributed by atoms with Crippen LogP contribution in [0.4, 0.5) is 0 Å². The van der Waals surface area contributed by atoms with Crippen molar-refractivity contribution >= 4 is 5.91 Å². The second-order valence-corrected chi connectivity index (χ2v) is 5.68. The van der Waals surface area contributed by atoms with Gasteiger partial charge in [0.15, 0.2) is 0 Å². The van der Waals surface area contributed by atoms with E-state index in [2.05, 4.69) is 11.1 Å². The lowest BCUT2D eigenvalue weighted by molar-refractivity contribution is -0.136. The number of carbonyl (C=O) groups is 1. The Morgan fingerprint density at radius 3 is 2.95 bits per heavy atom. The second kappa shape index (κ2) is 5.81. The molecule has 1 aliphatic heterocycles. The average Bonchev–Trinajstić information content (AvgIpc) is 3.00. The molecule has 4 nitrogen and oxygen atoms in total. The Balaban J connectivity index is 1.70. The van der Waals surface area contributed by atoms with Gasteiger partial charge in [0.25, 0.3) is 0 Å². The third-order valence-electron chi connectivity index (χ3n) is 4.33. The van der Waals surface area contributed by atoms with Crippen molar-refractivity contribution in [3.8, 4) is 5.88 Å². The predicted octanol–water partition coefficient (Wildman–Crippen LogP) is 2.56. The fourth-order valence-corrected chi connectivity index (χ4v) is 3.24. The zero-order valence-electron chi connectivity index (χ0n) is 12.1. The van der Waals surface area contributed by atoms with Crippen LogP contribution in [-0.4, -0.2) is 28.9 Å². The number of rotatable bonds is 3. The number of amides is 1. The lowest BCUT2D eigenvalue weighted by atomic mass is 10.0. The molecule has 0 radical (unpaired) electrons. The van der Waals surface area contributed by atoms with Gasteiger partial charge in [-0.2, -0.15) is 0 Å². The molecule has 20 heavy (non-hydrogen) atoms. The van der Waals surface area contributed by atoms with Gasteiger partial charge < -0.3 is 9.64 Å². The first-order chi connectivity index (χ1) is 9.78. The van der Waals surface area contributed by atoms with Crippen molar-refractivity contribution in [2.24, 2.45) is 5.92 Å². The van der Waals surface area contributed by atoms with Crippen LogP contribution in [-0.2, 0) is 17.8 Å². The summed E-state index contributed by atoms with van der Waals surface area (Å²) in [6.07, 6.45) is 5.41. The molecule has 0 N–H and O–H groups in total. The van der Waals surface area contributed by atoms with Crippen LogP contribution >= 0.6 is 0 Å². The SMILES string of the molecule is CCOc1ccc2c(n1)CCN(C(=O)C1CCCC1)C2. The summed E-state index contributed by atoms with van der Waals surface area (Å²) in [6, 6.07) is 3.97. The van der Waals surface area contributed by atoms with Crippen molar-refractivity contribution in [3.63, 3.8) is 0 Å². The molecule has 3 rings (SSSR count). The van der Waals surface area contributed by atoms with E-state index in [-0.39, 0.29) is 5.92 Å². The van der Waals surface area contributed by atoms with Gasteiger partial charge in [0, 0.05) is 31.5 Å². The Bertz CT molecular complexity index is 495. The molecule has 0 atom stereocenters. The van der Waals surface area contributed by atoms with Crippen LogP contribution in [0.25, 0.3) is 0 Å². The van der Waals surface area contributed by atoms with Crippen molar-refractivity contribution in [3.05, 3.63) is 23.4 Å². The predicted molar refractivity (Wildman–Crippen MR) is 76.5 cm³/mol. The molecular formula is C16H22N2O2. The van der Waals surface area contributed by atoms with Crippen LogP contribution in [0.1, 0.15) is 43.9 Å². The van der Waals surface area contributed by atoms with Gasteiger partial charge in [0.05, 0.1) is 12.3 Å². The summed E-state index contributed by atoms with van der Waals surface area (Å²) in [4.78, 5) is 19.0. The largest absolute Gasteiger partial charge is 0.478 e. The van der Waals surface area contributed by atoms with Gasteiger partial charge in [-0.15, -0.1) is 0 Å².